The van der Waals surface area contributed by atoms with Gasteiger partial charge in [0, 0.05) is 19.8 Å². The maximum Gasteiger partial charge on any atom is 0.340 e. The molecule has 0 unspecified atom stereocenters. The van der Waals surface area contributed by atoms with Gasteiger partial charge in [-0.05, 0) is 29.8 Å². The van der Waals surface area contributed by atoms with Gasteiger partial charge in [-0.25, -0.2) is 18.2 Å². The van der Waals surface area contributed by atoms with Gasteiger partial charge in [-0.1, -0.05) is 65.1 Å². The molecule has 12 heteroatoms. The highest BCUT2D eigenvalue weighted by Crippen LogP contribution is 2.25. The number of hydrogen-bond acceptors (Lipinski definition) is 6. The molecule has 0 bridgehead atoms. The summed E-state index contributed by atoms with van der Waals surface area (Å²) in [6.45, 7) is -0.548. The van der Waals surface area contributed by atoms with E-state index in [0.29, 0.717) is 0 Å². The summed E-state index contributed by atoms with van der Waals surface area (Å²) in [4.78, 5) is 28.3. The summed E-state index contributed by atoms with van der Waals surface area (Å²) < 4.78 is 32.1. The van der Waals surface area contributed by atoms with Crippen LogP contribution in [0.2, 0.25) is 15.1 Å². The van der Waals surface area contributed by atoms with Gasteiger partial charge in [0.1, 0.15) is 0 Å². The Hall–Kier alpha value is -2.69. The quantitative estimate of drug-likeness (QED) is 0.415. The number of anilines is 1. The molecule has 1 N–H and O–H groups in total. The number of esters is 1. The number of carbonyl (C=O) groups excluding carboxylic acids is 2. The molecule has 1 heterocycles. The van der Waals surface area contributed by atoms with Crippen molar-refractivity contribution in [2.75, 3.05) is 19.0 Å². The van der Waals surface area contributed by atoms with Gasteiger partial charge in [-0.3, -0.25) is 4.79 Å². The Morgan fingerprint density at radius 3 is 2.41 bits per heavy atom. The SMILES string of the molecule is CN(Cc1ccccc1)S(=O)(=O)c1ccc(Cl)c(C(=O)OCC(=O)Nc2ncc(Cl)cc2Cl)c1. The Morgan fingerprint density at radius 1 is 1.03 bits per heavy atom. The number of ether oxygens (including phenoxy) is 1. The summed E-state index contributed by atoms with van der Waals surface area (Å²) >= 11 is 17.8. The number of rotatable bonds is 8. The van der Waals surface area contributed by atoms with E-state index >= 15 is 0 Å². The van der Waals surface area contributed by atoms with Crippen molar-refractivity contribution < 1.29 is 22.7 Å². The zero-order valence-electron chi connectivity index (χ0n) is 17.7. The third-order valence-electron chi connectivity index (χ3n) is 4.51. The summed E-state index contributed by atoms with van der Waals surface area (Å²) in [5.41, 5.74) is 0.592. The van der Waals surface area contributed by atoms with Gasteiger partial charge in [0.15, 0.2) is 12.4 Å². The lowest BCUT2D eigenvalue weighted by atomic mass is 10.2. The Balaban J connectivity index is 1.69. The van der Waals surface area contributed by atoms with Crippen LogP contribution in [-0.2, 0) is 26.1 Å². The Kier molecular flexibility index (Phi) is 8.51. The van der Waals surface area contributed by atoms with Crippen LogP contribution in [-0.4, -0.2) is 43.2 Å². The molecule has 1 aromatic heterocycles. The minimum absolute atomic E-state index is 0.0301. The van der Waals surface area contributed by atoms with Crippen LogP contribution in [0.15, 0.2) is 65.7 Å². The van der Waals surface area contributed by atoms with Crippen molar-refractivity contribution in [1.82, 2.24) is 9.29 Å². The Labute approximate surface area is 211 Å². The highest BCUT2D eigenvalue weighted by atomic mass is 35.5. The van der Waals surface area contributed by atoms with Gasteiger partial charge in [0.25, 0.3) is 5.91 Å². The summed E-state index contributed by atoms with van der Waals surface area (Å²) in [5, 5.41) is 2.74. The van der Waals surface area contributed by atoms with Crippen LogP contribution in [0.4, 0.5) is 5.82 Å². The largest absolute Gasteiger partial charge is 0.452 e. The van der Waals surface area contributed by atoms with Crippen molar-refractivity contribution in [3.05, 3.63) is 87.0 Å². The minimum atomic E-state index is -3.94. The van der Waals surface area contributed by atoms with Crippen LogP contribution in [0.5, 0.6) is 0 Å². The monoisotopic (exact) mass is 541 g/mol. The molecule has 0 saturated carbocycles. The molecule has 0 aliphatic rings. The van der Waals surface area contributed by atoms with Gasteiger partial charge >= 0.3 is 5.97 Å². The molecule has 1 amide bonds. The fourth-order valence-corrected chi connectivity index (χ4v) is 4.62. The number of aromatic nitrogens is 1. The molecule has 0 atom stereocenters. The summed E-state index contributed by atoms with van der Waals surface area (Å²) in [5.74, 6) is -1.65. The number of benzene rings is 2. The van der Waals surface area contributed by atoms with Gasteiger partial charge < -0.3 is 10.1 Å². The van der Waals surface area contributed by atoms with Crippen LogP contribution in [0, 0.1) is 0 Å². The van der Waals surface area contributed by atoms with Crippen LogP contribution in [0.1, 0.15) is 15.9 Å². The Morgan fingerprint density at radius 2 is 1.74 bits per heavy atom. The van der Waals surface area contributed by atoms with Crippen molar-refractivity contribution in [2.45, 2.75) is 11.4 Å². The molecule has 3 aromatic rings. The maximum absolute atomic E-state index is 13.0. The number of pyridine rings is 1. The summed E-state index contributed by atoms with van der Waals surface area (Å²) in [6.07, 6.45) is 1.29. The second-order valence-electron chi connectivity index (χ2n) is 7.00. The molecule has 8 nitrogen and oxygen atoms in total. The number of sulfonamides is 1. The third-order valence-corrected chi connectivity index (χ3v) is 7.14. The number of carbonyl (C=O) groups is 2. The molecule has 0 spiro atoms. The summed E-state index contributed by atoms with van der Waals surface area (Å²) in [6, 6.07) is 14.1. The number of hydrogen-bond donors (Lipinski definition) is 1. The van der Waals surface area contributed by atoms with Gasteiger partial charge in [0.2, 0.25) is 10.0 Å². The average molecular weight is 543 g/mol. The van der Waals surface area contributed by atoms with Gasteiger partial charge in [0.05, 0.1) is 25.5 Å². The number of halogens is 3. The van der Waals surface area contributed by atoms with E-state index in [1.54, 1.807) is 24.3 Å². The zero-order chi connectivity index (χ0) is 24.9. The van der Waals surface area contributed by atoms with Gasteiger partial charge in [-0.15, -0.1) is 0 Å². The van der Waals surface area contributed by atoms with E-state index < -0.39 is 28.5 Å². The predicted molar refractivity (Wildman–Crippen MR) is 130 cm³/mol. The maximum atomic E-state index is 13.0. The first-order valence-electron chi connectivity index (χ1n) is 9.66. The van der Waals surface area contributed by atoms with Crippen LogP contribution in [0.3, 0.4) is 0 Å². The first-order valence-corrected chi connectivity index (χ1v) is 12.2. The molecule has 0 fully saturated rings. The van der Waals surface area contributed by atoms with Crippen molar-refractivity contribution >= 4 is 62.5 Å². The van der Waals surface area contributed by atoms with E-state index in [0.717, 1.165) is 15.9 Å². The van der Waals surface area contributed by atoms with Gasteiger partial charge in [-0.2, -0.15) is 4.31 Å². The molecule has 2 aromatic carbocycles. The number of amides is 1. The van der Waals surface area contributed by atoms with Crippen molar-refractivity contribution in [1.29, 1.82) is 0 Å². The van der Waals surface area contributed by atoms with E-state index in [1.165, 1.54) is 31.4 Å². The Bertz CT molecular complexity index is 1320. The van der Waals surface area contributed by atoms with E-state index in [4.69, 9.17) is 39.5 Å². The molecule has 0 radical (unpaired) electrons. The lowest BCUT2D eigenvalue weighted by Gasteiger charge is -2.18. The first-order chi connectivity index (χ1) is 16.1. The smallest absolute Gasteiger partial charge is 0.340 e. The predicted octanol–water partition coefficient (Wildman–Crippen LogP) is 4.66. The molecule has 3 rings (SSSR count). The molecule has 0 aliphatic heterocycles. The standard InChI is InChI=1S/C22H18Cl3N3O5S/c1-28(12-14-5-3-2-4-6-14)34(31,32)16-7-8-18(24)17(10-16)22(30)33-13-20(29)27-21-19(25)9-15(23)11-26-21/h2-11H,12-13H2,1H3,(H,26,27,29). The normalized spacial score (nSPS) is 11.3. The molecular formula is C22H18Cl3N3O5S. The molecular weight excluding hydrogens is 525 g/mol. The highest BCUT2D eigenvalue weighted by molar-refractivity contribution is 7.89. The van der Waals surface area contributed by atoms with E-state index in [9.17, 15) is 18.0 Å². The lowest BCUT2D eigenvalue weighted by Crippen LogP contribution is -2.27. The van der Waals surface area contributed by atoms with Crippen molar-refractivity contribution in [3.63, 3.8) is 0 Å². The molecule has 0 aliphatic carbocycles. The second-order valence-corrected chi connectivity index (χ2v) is 10.3. The van der Waals surface area contributed by atoms with E-state index in [1.807, 2.05) is 6.07 Å². The fourth-order valence-electron chi connectivity index (χ4n) is 2.81. The minimum Gasteiger partial charge on any atom is -0.452 e. The van der Waals surface area contributed by atoms with Crippen LogP contribution in [0.25, 0.3) is 0 Å². The average Bonchev–Trinajstić information content (AvgIpc) is 2.80. The first kappa shape index (κ1) is 25.9. The van der Waals surface area contributed by atoms with Crippen LogP contribution < -0.4 is 5.32 Å². The third kappa shape index (κ3) is 6.46. The highest BCUT2D eigenvalue weighted by Gasteiger charge is 2.24. The zero-order valence-corrected chi connectivity index (χ0v) is 20.7. The molecule has 178 valence electrons. The molecule has 34 heavy (non-hydrogen) atoms. The van der Waals surface area contributed by atoms with E-state index in [-0.39, 0.29) is 37.9 Å². The van der Waals surface area contributed by atoms with Crippen molar-refractivity contribution in [2.24, 2.45) is 0 Å². The fraction of sp³-hybridized carbons (Fsp3) is 0.136. The summed E-state index contributed by atoms with van der Waals surface area (Å²) in [7, 11) is -2.51. The lowest BCUT2D eigenvalue weighted by molar-refractivity contribution is -0.119. The van der Waals surface area contributed by atoms with E-state index in [2.05, 4.69) is 10.3 Å². The molecule has 0 saturated heterocycles. The second kappa shape index (κ2) is 11.2. The number of nitrogens with one attached hydrogen (secondary N) is 1. The van der Waals surface area contributed by atoms with Crippen molar-refractivity contribution in [3.8, 4) is 0 Å². The topological polar surface area (TPSA) is 106 Å². The number of nitrogens with zero attached hydrogens (tertiary/aromatic N) is 2. The van der Waals surface area contributed by atoms with Crippen LogP contribution >= 0.6 is 34.8 Å².